The van der Waals surface area contributed by atoms with Crippen molar-refractivity contribution in [3.05, 3.63) is 0 Å². The minimum Gasteiger partial charge on any atom is -0.481 e. The normalized spacial score (nSPS) is 19.8. The number of carboxylic acids is 1. The number of hydrogen-bond donors (Lipinski definition) is 1. The van der Waals surface area contributed by atoms with Crippen LogP contribution in [0.4, 0.5) is 0 Å². The van der Waals surface area contributed by atoms with Crippen LogP contribution in [0.1, 0.15) is 26.2 Å². The van der Waals surface area contributed by atoms with E-state index in [1.165, 1.54) is 4.90 Å². The van der Waals surface area contributed by atoms with Crippen molar-refractivity contribution in [2.45, 2.75) is 26.2 Å². The summed E-state index contributed by atoms with van der Waals surface area (Å²) in [6.45, 7) is 3.10. The fourth-order valence-electron chi connectivity index (χ4n) is 2.07. The van der Waals surface area contributed by atoms with E-state index < -0.39 is 5.97 Å². The van der Waals surface area contributed by atoms with Crippen molar-refractivity contribution < 1.29 is 19.5 Å². The van der Waals surface area contributed by atoms with Crippen LogP contribution in [0.3, 0.4) is 0 Å². The lowest BCUT2D eigenvalue weighted by atomic mass is 9.95. The van der Waals surface area contributed by atoms with Gasteiger partial charge in [-0.25, -0.2) is 0 Å². The first-order valence-corrected chi connectivity index (χ1v) is 6.20. The molecule has 1 fully saturated rings. The Morgan fingerprint density at radius 2 is 2.17 bits per heavy atom. The minimum atomic E-state index is -0.916. The highest BCUT2D eigenvalue weighted by Gasteiger charge is 2.31. The second-order valence-corrected chi connectivity index (χ2v) is 4.57. The van der Waals surface area contributed by atoms with E-state index in [1.807, 2.05) is 6.92 Å². The number of rotatable bonds is 5. The van der Waals surface area contributed by atoms with Gasteiger partial charge in [0.25, 0.3) is 0 Å². The summed E-state index contributed by atoms with van der Waals surface area (Å²) in [7, 11) is 1.73. The number of hydrogen-bond acceptors (Lipinski definition) is 3. The minimum absolute atomic E-state index is 0.0195. The Labute approximate surface area is 107 Å². The smallest absolute Gasteiger partial charge is 0.305 e. The van der Waals surface area contributed by atoms with E-state index >= 15 is 0 Å². The van der Waals surface area contributed by atoms with E-state index in [0.29, 0.717) is 19.5 Å². The average molecular weight is 256 g/mol. The van der Waals surface area contributed by atoms with Gasteiger partial charge < -0.3 is 14.9 Å². The summed E-state index contributed by atoms with van der Waals surface area (Å²) >= 11 is 0. The first-order chi connectivity index (χ1) is 8.45. The fourth-order valence-corrected chi connectivity index (χ4v) is 2.07. The van der Waals surface area contributed by atoms with Crippen molar-refractivity contribution in [3.63, 3.8) is 0 Å². The van der Waals surface area contributed by atoms with E-state index in [-0.39, 0.29) is 37.1 Å². The molecular weight excluding hydrogens is 236 g/mol. The summed E-state index contributed by atoms with van der Waals surface area (Å²) < 4.78 is 0. The Kier molecular flexibility index (Phi) is 5.12. The molecule has 0 saturated carbocycles. The molecule has 0 unspecified atom stereocenters. The Hall–Kier alpha value is -1.59. The molecule has 2 amide bonds. The number of piperidine rings is 1. The first-order valence-electron chi connectivity index (χ1n) is 6.20. The molecule has 0 bridgehead atoms. The molecule has 0 aromatic carbocycles. The van der Waals surface area contributed by atoms with Crippen LogP contribution in [-0.4, -0.2) is 59.4 Å². The SMILES string of the molecule is CCN(CCC(=O)O)C(=O)[C@H]1CCN(C)C(=O)C1. The van der Waals surface area contributed by atoms with Crippen molar-refractivity contribution in [3.8, 4) is 0 Å². The standard InChI is InChI=1S/C12H20N2O4/c1-3-14(7-5-11(16)17)12(18)9-4-6-13(2)10(15)8-9/h9H,3-8H2,1-2H3,(H,16,17)/t9-/m0/s1. The molecule has 0 aromatic rings. The highest BCUT2D eigenvalue weighted by atomic mass is 16.4. The van der Waals surface area contributed by atoms with Gasteiger partial charge >= 0.3 is 5.97 Å². The zero-order valence-corrected chi connectivity index (χ0v) is 10.9. The van der Waals surface area contributed by atoms with Gasteiger partial charge in [0, 0.05) is 39.0 Å². The fraction of sp³-hybridized carbons (Fsp3) is 0.750. The van der Waals surface area contributed by atoms with E-state index in [2.05, 4.69) is 0 Å². The third kappa shape index (κ3) is 3.72. The van der Waals surface area contributed by atoms with Crippen molar-refractivity contribution >= 4 is 17.8 Å². The van der Waals surface area contributed by atoms with E-state index in [4.69, 9.17) is 5.11 Å². The maximum absolute atomic E-state index is 12.2. The summed E-state index contributed by atoms with van der Waals surface area (Å²) in [6.07, 6.45) is 0.837. The van der Waals surface area contributed by atoms with Crippen LogP contribution in [0.2, 0.25) is 0 Å². The molecule has 1 N–H and O–H groups in total. The third-order valence-electron chi connectivity index (χ3n) is 3.30. The lowest BCUT2D eigenvalue weighted by Crippen LogP contribution is -2.44. The first kappa shape index (κ1) is 14.5. The quantitative estimate of drug-likeness (QED) is 0.761. The molecular formula is C12H20N2O4. The number of carbonyl (C=O) groups excluding carboxylic acids is 2. The van der Waals surface area contributed by atoms with Crippen molar-refractivity contribution in [2.24, 2.45) is 5.92 Å². The summed E-state index contributed by atoms with van der Waals surface area (Å²) in [6, 6.07) is 0. The molecule has 1 atom stereocenters. The van der Waals surface area contributed by atoms with Gasteiger partial charge in [-0.3, -0.25) is 14.4 Å². The van der Waals surface area contributed by atoms with Gasteiger partial charge in [-0.15, -0.1) is 0 Å². The Balaban J connectivity index is 2.55. The van der Waals surface area contributed by atoms with Gasteiger partial charge in [-0.05, 0) is 13.3 Å². The second kappa shape index (κ2) is 6.37. The molecule has 1 rings (SSSR count). The largest absolute Gasteiger partial charge is 0.481 e. The predicted molar refractivity (Wildman–Crippen MR) is 64.9 cm³/mol. The van der Waals surface area contributed by atoms with Crippen molar-refractivity contribution in [1.29, 1.82) is 0 Å². The topological polar surface area (TPSA) is 77.9 Å². The summed E-state index contributed by atoms with van der Waals surface area (Å²) in [5.74, 6) is -1.32. The van der Waals surface area contributed by atoms with Crippen LogP contribution < -0.4 is 0 Å². The summed E-state index contributed by atoms with van der Waals surface area (Å²) in [5.41, 5.74) is 0. The molecule has 6 nitrogen and oxygen atoms in total. The third-order valence-corrected chi connectivity index (χ3v) is 3.30. The van der Waals surface area contributed by atoms with Gasteiger partial charge in [0.1, 0.15) is 0 Å². The zero-order chi connectivity index (χ0) is 13.7. The van der Waals surface area contributed by atoms with Crippen LogP contribution in [0.5, 0.6) is 0 Å². The number of likely N-dealkylation sites (tertiary alicyclic amines) is 1. The molecule has 102 valence electrons. The van der Waals surface area contributed by atoms with Gasteiger partial charge in [-0.2, -0.15) is 0 Å². The predicted octanol–water partition coefficient (Wildman–Crippen LogP) is 0.178. The van der Waals surface area contributed by atoms with Gasteiger partial charge in [-0.1, -0.05) is 0 Å². The van der Waals surface area contributed by atoms with Gasteiger partial charge in [0.2, 0.25) is 11.8 Å². The van der Waals surface area contributed by atoms with Crippen LogP contribution in [0, 0.1) is 5.92 Å². The molecule has 0 aliphatic carbocycles. The number of carboxylic acid groups (broad SMARTS) is 1. The molecule has 1 heterocycles. The van der Waals surface area contributed by atoms with Crippen molar-refractivity contribution in [2.75, 3.05) is 26.7 Å². The number of amides is 2. The lowest BCUT2D eigenvalue weighted by molar-refractivity contribution is -0.145. The molecule has 6 heteroatoms. The Morgan fingerprint density at radius 3 is 2.67 bits per heavy atom. The molecule has 0 aromatic heterocycles. The summed E-state index contributed by atoms with van der Waals surface area (Å²) in [4.78, 5) is 37.4. The average Bonchev–Trinajstić information content (AvgIpc) is 2.32. The maximum atomic E-state index is 12.2. The van der Waals surface area contributed by atoms with Gasteiger partial charge in [0.15, 0.2) is 0 Å². The maximum Gasteiger partial charge on any atom is 0.305 e. The second-order valence-electron chi connectivity index (χ2n) is 4.57. The number of aliphatic carboxylic acids is 1. The Morgan fingerprint density at radius 1 is 1.50 bits per heavy atom. The molecule has 1 aliphatic heterocycles. The zero-order valence-electron chi connectivity index (χ0n) is 10.9. The molecule has 1 saturated heterocycles. The van der Waals surface area contributed by atoms with Gasteiger partial charge in [0.05, 0.1) is 6.42 Å². The molecule has 1 aliphatic rings. The molecule has 0 radical (unpaired) electrons. The van der Waals surface area contributed by atoms with Crippen LogP contribution in [0.25, 0.3) is 0 Å². The van der Waals surface area contributed by atoms with E-state index in [9.17, 15) is 14.4 Å². The van der Waals surface area contributed by atoms with Crippen molar-refractivity contribution in [1.82, 2.24) is 9.80 Å². The molecule has 18 heavy (non-hydrogen) atoms. The van der Waals surface area contributed by atoms with E-state index in [1.54, 1.807) is 11.9 Å². The number of nitrogens with zero attached hydrogens (tertiary/aromatic N) is 2. The van der Waals surface area contributed by atoms with Crippen LogP contribution in [-0.2, 0) is 14.4 Å². The lowest BCUT2D eigenvalue weighted by Gasteiger charge is -2.31. The van der Waals surface area contributed by atoms with E-state index in [0.717, 1.165) is 0 Å². The van der Waals surface area contributed by atoms with Crippen LogP contribution in [0.15, 0.2) is 0 Å². The van der Waals surface area contributed by atoms with Crippen LogP contribution >= 0.6 is 0 Å². The Bertz CT molecular complexity index is 343. The highest BCUT2D eigenvalue weighted by molar-refractivity contribution is 5.87. The highest BCUT2D eigenvalue weighted by Crippen LogP contribution is 2.19. The monoisotopic (exact) mass is 256 g/mol. The summed E-state index contributed by atoms with van der Waals surface area (Å²) in [5, 5.41) is 8.63. The number of carbonyl (C=O) groups is 3. The molecule has 0 spiro atoms.